The van der Waals surface area contributed by atoms with E-state index in [1.54, 1.807) is 4.90 Å². The number of aliphatic hydroxyl groups excluding tert-OH is 1. The quantitative estimate of drug-likeness (QED) is 0.614. The second-order valence-corrected chi connectivity index (χ2v) is 4.11. The summed E-state index contributed by atoms with van der Waals surface area (Å²) in [5.74, 6) is -1.13. The maximum Gasteiger partial charge on any atom is 0.326 e. The van der Waals surface area contributed by atoms with Gasteiger partial charge >= 0.3 is 12.0 Å². The standard InChI is InChI=1S/C11H18N2O4/c1-8-3-2-5-13(7-8)11(17)12-9(4-6-14)10(15)16/h3,9,14H,2,4-7H2,1H3,(H,12,17)(H,15,16)/t9-/m0/s1. The molecule has 0 aliphatic carbocycles. The molecule has 6 heteroatoms. The van der Waals surface area contributed by atoms with Gasteiger partial charge in [-0.05, 0) is 13.3 Å². The molecule has 0 aromatic heterocycles. The zero-order chi connectivity index (χ0) is 12.8. The van der Waals surface area contributed by atoms with E-state index < -0.39 is 18.0 Å². The van der Waals surface area contributed by atoms with E-state index >= 15 is 0 Å². The van der Waals surface area contributed by atoms with Gasteiger partial charge in [-0.1, -0.05) is 11.6 Å². The van der Waals surface area contributed by atoms with E-state index in [4.69, 9.17) is 10.2 Å². The summed E-state index contributed by atoms with van der Waals surface area (Å²) < 4.78 is 0. The van der Waals surface area contributed by atoms with E-state index in [-0.39, 0.29) is 13.0 Å². The monoisotopic (exact) mass is 242 g/mol. The SMILES string of the molecule is CC1=CCCN(C(=O)N[C@@H](CCO)C(=O)O)C1. The van der Waals surface area contributed by atoms with Gasteiger partial charge in [0.15, 0.2) is 0 Å². The number of aliphatic hydroxyl groups is 1. The van der Waals surface area contributed by atoms with Crippen LogP contribution >= 0.6 is 0 Å². The highest BCUT2D eigenvalue weighted by atomic mass is 16.4. The second kappa shape index (κ2) is 6.24. The molecule has 3 N–H and O–H groups in total. The summed E-state index contributed by atoms with van der Waals surface area (Å²) in [6.45, 7) is 2.78. The molecule has 2 amide bonds. The Kier molecular flexibility index (Phi) is 4.96. The van der Waals surface area contributed by atoms with E-state index in [0.29, 0.717) is 13.1 Å². The van der Waals surface area contributed by atoms with Gasteiger partial charge in [0.25, 0.3) is 0 Å². The Hall–Kier alpha value is -1.56. The van der Waals surface area contributed by atoms with Crippen LogP contribution in [0.15, 0.2) is 11.6 Å². The van der Waals surface area contributed by atoms with Crippen LogP contribution < -0.4 is 5.32 Å². The zero-order valence-corrected chi connectivity index (χ0v) is 9.85. The van der Waals surface area contributed by atoms with Crippen molar-refractivity contribution in [3.8, 4) is 0 Å². The Balaban J connectivity index is 2.52. The summed E-state index contributed by atoms with van der Waals surface area (Å²) in [4.78, 5) is 24.2. The third-order valence-corrected chi connectivity index (χ3v) is 2.63. The lowest BCUT2D eigenvalue weighted by molar-refractivity contribution is -0.139. The molecular weight excluding hydrogens is 224 g/mol. The third kappa shape index (κ3) is 4.07. The van der Waals surface area contributed by atoms with Crippen LogP contribution in [-0.2, 0) is 4.79 Å². The van der Waals surface area contributed by atoms with Crippen molar-refractivity contribution in [2.45, 2.75) is 25.8 Å². The van der Waals surface area contributed by atoms with Gasteiger partial charge < -0.3 is 20.4 Å². The molecule has 0 saturated heterocycles. The minimum Gasteiger partial charge on any atom is -0.480 e. The number of carboxylic acid groups (broad SMARTS) is 1. The Morgan fingerprint density at radius 1 is 1.59 bits per heavy atom. The van der Waals surface area contributed by atoms with E-state index in [9.17, 15) is 9.59 Å². The van der Waals surface area contributed by atoms with Crippen LogP contribution in [0.4, 0.5) is 4.79 Å². The Morgan fingerprint density at radius 3 is 2.82 bits per heavy atom. The van der Waals surface area contributed by atoms with Crippen LogP contribution in [0.25, 0.3) is 0 Å². The molecule has 96 valence electrons. The van der Waals surface area contributed by atoms with Gasteiger partial charge in [0.1, 0.15) is 6.04 Å². The van der Waals surface area contributed by atoms with Crippen molar-refractivity contribution >= 4 is 12.0 Å². The first-order valence-electron chi connectivity index (χ1n) is 5.59. The number of aliphatic carboxylic acids is 1. The molecule has 0 fully saturated rings. The molecule has 1 aliphatic rings. The Morgan fingerprint density at radius 2 is 2.29 bits per heavy atom. The molecule has 1 rings (SSSR count). The average Bonchev–Trinajstić information content (AvgIpc) is 2.28. The molecule has 0 radical (unpaired) electrons. The lowest BCUT2D eigenvalue weighted by Crippen LogP contribution is -2.49. The highest BCUT2D eigenvalue weighted by Crippen LogP contribution is 2.09. The first-order chi connectivity index (χ1) is 8.04. The maximum absolute atomic E-state index is 11.8. The fourth-order valence-electron chi connectivity index (χ4n) is 1.71. The van der Waals surface area contributed by atoms with Crippen molar-refractivity contribution in [3.63, 3.8) is 0 Å². The molecule has 0 saturated carbocycles. The zero-order valence-electron chi connectivity index (χ0n) is 9.85. The Labute approximate surface area is 99.9 Å². The smallest absolute Gasteiger partial charge is 0.326 e. The van der Waals surface area contributed by atoms with Crippen molar-refractivity contribution in [3.05, 3.63) is 11.6 Å². The molecule has 0 unspecified atom stereocenters. The lowest BCUT2D eigenvalue weighted by atomic mass is 10.1. The number of hydrogen-bond acceptors (Lipinski definition) is 3. The van der Waals surface area contributed by atoms with Crippen LogP contribution in [0.5, 0.6) is 0 Å². The van der Waals surface area contributed by atoms with E-state index in [1.165, 1.54) is 0 Å². The third-order valence-electron chi connectivity index (χ3n) is 2.63. The van der Waals surface area contributed by atoms with Crippen LogP contribution in [0, 0.1) is 0 Å². The van der Waals surface area contributed by atoms with Gasteiger partial charge in [-0.2, -0.15) is 0 Å². The molecule has 1 atom stereocenters. The fourth-order valence-corrected chi connectivity index (χ4v) is 1.71. The molecule has 0 aromatic rings. The minimum absolute atomic E-state index is 0.0176. The number of rotatable bonds is 4. The van der Waals surface area contributed by atoms with Gasteiger partial charge in [-0.3, -0.25) is 0 Å². The number of amides is 2. The Bertz CT molecular complexity index is 327. The van der Waals surface area contributed by atoms with Gasteiger partial charge in [-0.25, -0.2) is 9.59 Å². The van der Waals surface area contributed by atoms with Crippen molar-refractivity contribution < 1.29 is 19.8 Å². The van der Waals surface area contributed by atoms with Crippen LogP contribution in [0.2, 0.25) is 0 Å². The first-order valence-corrected chi connectivity index (χ1v) is 5.59. The number of carbonyl (C=O) groups is 2. The predicted molar refractivity (Wildman–Crippen MR) is 61.6 cm³/mol. The molecule has 0 aromatic carbocycles. The van der Waals surface area contributed by atoms with Crippen molar-refractivity contribution in [1.82, 2.24) is 10.2 Å². The minimum atomic E-state index is -1.13. The summed E-state index contributed by atoms with van der Waals surface area (Å²) in [7, 11) is 0. The first kappa shape index (κ1) is 13.5. The van der Waals surface area contributed by atoms with Crippen molar-refractivity contribution in [2.24, 2.45) is 0 Å². The summed E-state index contributed by atoms with van der Waals surface area (Å²) >= 11 is 0. The summed E-state index contributed by atoms with van der Waals surface area (Å²) in [6.07, 6.45) is 2.87. The van der Waals surface area contributed by atoms with E-state index in [2.05, 4.69) is 11.4 Å². The highest BCUT2D eigenvalue weighted by molar-refractivity contribution is 5.82. The van der Waals surface area contributed by atoms with E-state index in [0.717, 1.165) is 12.0 Å². The summed E-state index contributed by atoms with van der Waals surface area (Å²) in [5.41, 5.74) is 1.10. The predicted octanol–water partition coefficient (Wildman–Crippen LogP) is 0.184. The number of carboxylic acids is 1. The van der Waals surface area contributed by atoms with Crippen LogP contribution in [0.1, 0.15) is 19.8 Å². The van der Waals surface area contributed by atoms with Gasteiger partial charge in [0.05, 0.1) is 0 Å². The van der Waals surface area contributed by atoms with Gasteiger partial charge in [0.2, 0.25) is 0 Å². The number of hydrogen-bond donors (Lipinski definition) is 3. The van der Waals surface area contributed by atoms with Crippen molar-refractivity contribution in [1.29, 1.82) is 0 Å². The maximum atomic E-state index is 11.8. The molecule has 6 nitrogen and oxygen atoms in total. The molecule has 0 spiro atoms. The summed E-state index contributed by atoms with van der Waals surface area (Å²) in [6, 6.07) is -1.42. The molecule has 1 heterocycles. The number of urea groups is 1. The molecule has 1 aliphatic heterocycles. The normalized spacial score (nSPS) is 17.3. The topological polar surface area (TPSA) is 89.9 Å². The number of carbonyl (C=O) groups excluding carboxylic acids is 1. The van der Waals surface area contributed by atoms with Gasteiger partial charge in [-0.15, -0.1) is 0 Å². The highest BCUT2D eigenvalue weighted by Gasteiger charge is 2.23. The molecule has 17 heavy (non-hydrogen) atoms. The van der Waals surface area contributed by atoms with E-state index in [1.807, 2.05) is 6.92 Å². The summed E-state index contributed by atoms with van der Waals surface area (Å²) in [5, 5.41) is 20.0. The average molecular weight is 242 g/mol. The largest absolute Gasteiger partial charge is 0.480 e. The van der Waals surface area contributed by atoms with Crippen molar-refractivity contribution in [2.75, 3.05) is 19.7 Å². The number of nitrogens with zero attached hydrogens (tertiary/aromatic N) is 1. The lowest BCUT2D eigenvalue weighted by Gasteiger charge is -2.27. The van der Waals surface area contributed by atoms with Gasteiger partial charge in [0, 0.05) is 26.1 Å². The fraction of sp³-hybridized carbons (Fsp3) is 0.636. The second-order valence-electron chi connectivity index (χ2n) is 4.11. The molecular formula is C11H18N2O4. The molecule has 0 bridgehead atoms. The number of nitrogens with one attached hydrogen (secondary N) is 1. The van der Waals surface area contributed by atoms with Crippen LogP contribution in [0.3, 0.4) is 0 Å². The van der Waals surface area contributed by atoms with Crippen LogP contribution in [-0.4, -0.2) is 52.9 Å².